The Morgan fingerprint density at radius 2 is 2.56 bits per heavy atom. The maximum Gasteiger partial charge on any atom is 0.242 e. The van der Waals surface area contributed by atoms with Gasteiger partial charge in [-0.05, 0) is 26.8 Å². The number of likely N-dealkylation sites (N-methyl/N-ethyl adjacent to an activating group) is 1. The van der Waals surface area contributed by atoms with E-state index in [0.717, 1.165) is 24.5 Å². The second-order valence-corrected chi connectivity index (χ2v) is 5.47. The van der Waals surface area contributed by atoms with Crippen molar-refractivity contribution in [3.8, 4) is 0 Å². The zero-order valence-electron chi connectivity index (χ0n) is 10.8. The molecular weight excluding hydrogens is 248 g/mol. The summed E-state index contributed by atoms with van der Waals surface area (Å²) in [5.41, 5.74) is 0. The molecule has 2 N–H and O–H groups in total. The van der Waals surface area contributed by atoms with Crippen LogP contribution in [0.3, 0.4) is 0 Å². The van der Waals surface area contributed by atoms with Crippen molar-refractivity contribution < 1.29 is 4.79 Å². The van der Waals surface area contributed by atoms with Crippen molar-refractivity contribution in [3.63, 3.8) is 0 Å². The molecule has 0 aromatic carbocycles. The zero-order chi connectivity index (χ0) is 13.0. The van der Waals surface area contributed by atoms with Gasteiger partial charge in [-0.1, -0.05) is 0 Å². The molecule has 0 saturated carbocycles. The second kappa shape index (κ2) is 6.15. The molecule has 2 rings (SSSR count). The monoisotopic (exact) mass is 268 g/mol. The third kappa shape index (κ3) is 3.00. The molecule has 100 valence electrons. The predicted octanol–water partition coefficient (Wildman–Crippen LogP) is 0.836. The number of anilines is 1. The van der Waals surface area contributed by atoms with E-state index in [0.29, 0.717) is 12.6 Å². The molecule has 0 bridgehead atoms. The van der Waals surface area contributed by atoms with Crippen LogP contribution in [0.25, 0.3) is 0 Å². The third-order valence-electron chi connectivity index (χ3n) is 3.30. The topological polar surface area (TPSA) is 57.3 Å². The molecule has 2 unspecified atom stereocenters. The van der Waals surface area contributed by atoms with Crippen LogP contribution in [0.5, 0.6) is 0 Å². The molecule has 1 aliphatic heterocycles. The fourth-order valence-electron chi connectivity index (χ4n) is 2.10. The number of hydrogen-bond acceptors (Lipinski definition) is 5. The van der Waals surface area contributed by atoms with Crippen LogP contribution in [0.2, 0.25) is 0 Å². The number of carbonyl (C=O) groups excluding carboxylic acids is 1. The minimum atomic E-state index is -0.0554. The zero-order valence-corrected chi connectivity index (χ0v) is 11.7. The van der Waals surface area contributed by atoms with Gasteiger partial charge in [0.05, 0.1) is 0 Å². The Hall–Kier alpha value is -1.14. The Bertz CT molecular complexity index is 381. The summed E-state index contributed by atoms with van der Waals surface area (Å²) in [6.07, 6.45) is 3.76. The van der Waals surface area contributed by atoms with E-state index in [1.165, 1.54) is 0 Å². The van der Waals surface area contributed by atoms with Crippen LogP contribution in [0, 0.1) is 0 Å². The number of amides is 1. The van der Waals surface area contributed by atoms with Gasteiger partial charge in [0, 0.05) is 30.7 Å². The third-order valence-corrected chi connectivity index (χ3v) is 4.10. The summed E-state index contributed by atoms with van der Waals surface area (Å²) >= 11 is 1.59. The highest BCUT2D eigenvalue weighted by molar-refractivity contribution is 7.13. The Morgan fingerprint density at radius 1 is 1.72 bits per heavy atom. The van der Waals surface area contributed by atoms with E-state index in [4.69, 9.17) is 0 Å². The fourth-order valence-corrected chi connectivity index (χ4v) is 2.82. The number of nitrogens with one attached hydrogen (secondary N) is 2. The molecule has 0 aliphatic carbocycles. The van der Waals surface area contributed by atoms with Crippen LogP contribution in [0.1, 0.15) is 19.8 Å². The van der Waals surface area contributed by atoms with Crippen molar-refractivity contribution in [1.82, 2.24) is 15.6 Å². The van der Waals surface area contributed by atoms with Crippen LogP contribution in [0.15, 0.2) is 11.6 Å². The Kier molecular flexibility index (Phi) is 4.54. The molecule has 1 fully saturated rings. The molecule has 6 heteroatoms. The summed E-state index contributed by atoms with van der Waals surface area (Å²) in [6, 6.07) is 0.240. The van der Waals surface area contributed by atoms with Crippen molar-refractivity contribution in [1.29, 1.82) is 0 Å². The molecule has 1 aromatic heterocycles. The molecule has 1 aromatic rings. The highest BCUT2D eigenvalue weighted by Crippen LogP contribution is 2.27. The number of thiazole rings is 1. The number of aromatic nitrogens is 1. The van der Waals surface area contributed by atoms with E-state index < -0.39 is 0 Å². The van der Waals surface area contributed by atoms with Gasteiger partial charge in [0.2, 0.25) is 5.91 Å². The number of carbonyl (C=O) groups is 1. The molecular formula is C12H20N4OS. The van der Waals surface area contributed by atoms with Crippen molar-refractivity contribution in [2.24, 2.45) is 0 Å². The summed E-state index contributed by atoms with van der Waals surface area (Å²) in [5, 5.41) is 9.02. The second-order valence-electron chi connectivity index (χ2n) is 4.60. The lowest BCUT2D eigenvalue weighted by Crippen LogP contribution is -2.46. The van der Waals surface area contributed by atoms with Crippen LogP contribution in [-0.2, 0) is 4.79 Å². The summed E-state index contributed by atoms with van der Waals surface area (Å²) in [5.74, 6) is 0.116. The summed E-state index contributed by atoms with van der Waals surface area (Å²) in [4.78, 5) is 18.6. The van der Waals surface area contributed by atoms with E-state index >= 15 is 0 Å². The van der Waals surface area contributed by atoms with Crippen molar-refractivity contribution >= 4 is 22.4 Å². The van der Waals surface area contributed by atoms with Gasteiger partial charge >= 0.3 is 0 Å². The Balaban J connectivity index is 1.93. The first-order valence-electron chi connectivity index (χ1n) is 6.33. The summed E-state index contributed by atoms with van der Waals surface area (Å²) < 4.78 is 0. The van der Waals surface area contributed by atoms with Gasteiger partial charge < -0.3 is 15.5 Å². The predicted molar refractivity (Wildman–Crippen MR) is 74.0 cm³/mol. The lowest BCUT2D eigenvalue weighted by Gasteiger charge is -2.23. The van der Waals surface area contributed by atoms with Crippen molar-refractivity contribution in [2.45, 2.75) is 31.8 Å². The quantitative estimate of drug-likeness (QED) is 0.831. The van der Waals surface area contributed by atoms with Crippen LogP contribution in [-0.4, -0.2) is 43.1 Å². The molecule has 2 atom stereocenters. The average molecular weight is 268 g/mol. The largest absolute Gasteiger partial charge is 0.353 e. The van der Waals surface area contributed by atoms with Gasteiger partial charge in [0.1, 0.15) is 6.04 Å². The highest BCUT2D eigenvalue weighted by atomic mass is 32.1. The Morgan fingerprint density at radius 3 is 3.22 bits per heavy atom. The first-order chi connectivity index (χ1) is 8.72. The van der Waals surface area contributed by atoms with E-state index in [-0.39, 0.29) is 11.9 Å². The number of rotatable bonds is 5. The van der Waals surface area contributed by atoms with Crippen LogP contribution >= 0.6 is 11.3 Å². The first kappa shape index (κ1) is 13.3. The van der Waals surface area contributed by atoms with Gasteiger partial charge in [0.15, 0.2) is 5.13 Å². The number of hydrogen-bond donors (Lipinski definition) is 2. The number of nitrogens with zero attached hydrogens (tertiary/aromatic N) is 2. The molecule has 5 nitrogen and oxygen atoms in total. The maximum absolute atomic E-state index is 12.2. The van der Waals surface area contributed by atoms with Crippen molar-refractivity contribution in [3.05, 3.63) is 11.6 Å². The lowest BCUT2D eigenvalue weighted by molar-refractivity contribution is -0.122. The summed E-state index contributed by atoms with van der Waals surface area (Å²) in [6.45, 7) is 3.64. The molecule has 18 heavy (non-hydrogen) atoms. The van der Waals surface area contributed by atoms with E-state index in [1.807, 2.05) is 19.4 Å². The van der Waals surface area contributed by atoms with Gasteiger partial charge in [-0.3, -0.25) is 4.79 Å². The van der Waals surface area contributed by atoms with Gasteiger partial charge in [-0.2, -0.15) is 0 Å². The minimum Gasteiger partial charge on any atom is -0.353 e. The molecule has 1 saturated heterocycles. The smallest absolute Gasteiger partial charge is 0.242 e. The van der Waals surface area contributed by atoms with Crippen molar-refractivity contribution in [2.75, 3.05) is 25.0 Å². The van der Waals surface area contributed by atoms with E-state index in [2.05, 4.69) is 20.5 Å². The van der Waals surface area contributed by atoms with E-state index in [1.54, 1.807) is 17.5 Å². The van der Waals surface area contributed by atoms with Gasteiger partial charge in [-0.15, -0.1) is 11.3 Å². The van der Waals surface area contributed by atoms with Crippen LogP contribution < -0.4 is 15.5 Å². The highest BCUT2D eigenvalue weighted by Gasteiger charge is 2.31. The standard InChI is InChI=1S/C12H20N4OS/c1-9(13-2)8-15-11(17)10-4-3-6-16(10)12-14-5-7-18-12/h5,7,9-10,13H,3-4,6,8H2,1-2H3,(H,15,17). The molecule has 0 spiro atoms. The van der Waals surface area contributed by atoms with Gasteiger partial charge in [0.25, 0.3) is 0 Å². The Labute approximate surface area is 112 Å². The molecule has 1 aliphatic rings. The average Bonchev–Trinajstić information content (AvgIpc) is 3.04. The molecule has 1 amide bonds. The van der Waals surface area contributed by atoms with E-state index in [9.17, 15) is 4.79 Å². The first-order valence-corrected chi connectivity index (χ1v) is 7.21. The molecule has 2 heterocycles. The summed E-state index contributed by atoms with van der Waals surface area (Å²) in [7, 11) is 1.90. The lowest BCUT2D eigenvalue weighted by atomic mass is 10.2. The van der Waals surface area contributed by atoms with Gasteiger partial charge in [-0.25, -0.2) is 4.98 Å². The SMILES string of the molecule is CNC(C)CNC(=O)C1CCCN1c1nccs1. The molecule has 0 radical (unpaired) electrons. The normalized spacial score (nSPS) is 21.0. The van der Waals surface area contributed by atoms with Crippen LogP contribution in [0.4, 0.5) is 5.13 Å². The maximum atomic E-state index is 12.2. The minimum absolute atomic E-state index is 0.0554. The fraction of sp³-hybridized carbons (Fsp3) is 0.667.